The summed E-state index contributed by atoms with van der Waals surface area (Å²) in [6, 6.07) is 0.0780. The van der Waals surface area contributed by atoms with Crippen molar-refractivity contribution in [3.8, 4) is 0 Å². The van der Waals surface area contributed by atoms with E-state index in [0.29, 0.717) is 17.7 Å². The zero-order valence-electron chi connectivity index (χ0n) is 10.6. The molecule has 0 saturated heterocycles. The Morgan fingerprint density at radius 1 is 1.39 bits per heavy atom. The zero-order chi connectivity index (χ0) is 12.3. The largest absolute Gasteiger partial charge is 0.331 e. The number of hydrogen-bond donors (Lipinski definition) is 0. The summed E-state index contributed by atoms with van der Waals surface area (Å²) in [4.78, 5) is 14.5. The second kappa shape index (κ2) is 3.56. The van der Waals surface area contributed by atoms with Crippen LogP contribution in [0.1, 0.15) is 38.1 Å². The summed E-state index contributed by atoms with van der Waals surface area (Å²) in [5.74, 6) is 3.16. The van der Waals surface area contributed by atoms with Gasteiger partial charge in [-0.2, -0.15) is 0 Å². The van der Waals surface area contributed by atoms with Gasteiger partial charge >= 0.3 is 0 Å². The highest BCUT2D eigenvalue weighted by Gasteiger charge is 2.53. The van der Waals surface area contributed by atoms with Gasteiger partial charge in [0.2, 0.25) is 5.91 Å². The number of fused-ring (bicyclic) bond motifs is 1. The minimum Gasteiger partial charge on any atom is -0.331 e. The number of aromatic nitrogens is 3. The average Bonchev–Trinajstić information content (AvgIpc) is 3.24. The maximum absolute atomic E-state index is 12.5. The van der Waals surface area contributed by atoms with E-state index in [-0.39, 0.29) is 6.04 Å². The van der Waals surface area contributed by atoms with Crippen LogP contribution < -0.4 is 0 Å². The molecular weight excluding hydrogens is 228 g/mol. The van der Waals surface area contributed by atoms with Crippen LogP contribution in [0.2, 0.25) is 0 Å². The molecular formula is C13H18N4O. The van der Waals surface area contributed by atoms with Crippen molar-refractivity contribution < 1.29 is 4.79 Å². The molecule has 1 amide bonds. The first-order valence-corrected chi connectivity index (χ1v) is 6.94. The van der Waals surface area contributed by atoms with Crippen LogP contribution in [0.25, 0.3) is 0 Å². The Kier molecular flexibility index (Phi) is 2.08. The molecule has 3 aliphatic rings. The number of amides is 1. The molecule has 0 bridgehead atoms. The maximum atomic E-state index is 12.5. The van der Waals surface area contributed by atoms with Crippen molar-refractivity contribution in [2.24, 2.45) is 17.8 Å². The van der Waals surface area contributed by atoms with Crippen molar-refractivity contribution in [3.63, 3.8) is 0 Å². The van der Waals surface area contributed by atoms with Crippen LogP contribution in [-0.4, -0.2) is 32.1 Å². The highest BCUT2D eigenvalue weighted by molar-refractivity contribution is 5.82. The fourth-order valence-electron chi connectivity index (χ4n) is 3.37. The van der Waals surface area contributed by atoms with Crippen molar-refractivity contribution in [1.29, 1.82) is 0 Å². The summed E-state index contributed by atoms with van der Waals surface area (Å²) in [7, 11) is 0. The van der Waals surface area contributed by atoms with Gasteiger partial charge in [-0.25, -0.2) is 0 Å². The first-order valence-electron chi connectivity index (χ1n) is 6.94. The Labute approximate surface area is 106 Å². The van der Waals surface area contributed by atoms with Gasteiger partial charge in [0.05, 0.1) is 6.04 Å². The first-order chi connectivity index (χ1) is 8.75. The fraction of sp³-hybridized carbons (Fsp3) is 0.769. The number of carbonyl (C=O) groups is 1. The van der Waals surface area contributed by atoms with E-state index < -0.39 is 0 Å². The number of hydrogen-bond acceptors (Lipinski definition) is 3. The van der Waals surface area contributed by atoms with Crippen LogP contribution in [0, 0.1) is 17.8 Å². The Bertz CT molecular complexity index is 493. The fourth-order valence-corrected chi connectivity index (χ4v) is 3.37. The standard InChI is InChI=1S/C13H18N4O/c1-8-12-15-14-7-16(12)4-5-17(8)13(18)11-6-10(11)9-2-3-9/h7-11H,2-6H2,1H3/t8?,10-,11+/m1/s1. The monoisotopic (exact) mass is 246 g/mol. The van der Waals surface area contributed by atoms with Crippen LogP contribution in [0.4, 0.5) is 0 Å². The van der Waals surface area contributed by atoms with E-state index in [1.54, 1.807) is 6.33 Å². The van der Waals surface area contributed by atoms with Crippen molar-refractivity contribution in [3.05, 3.63) is 12.2 Å². The molecule has 18 heavy (non-hydrogen) atoms. The van der Waals surface area contributed by atoms with Gasteiger partial charge in [-0.05, 0) is 38.0 Å². The predicted octanol–water partition coefficient (Wildman–Crippen LogP) is 1.23. The Balaban J connectivity index is 1.50. The lowest BCUT2D eigenvalue weighted by atomic mass is 10.1. The Morgan fingerprint density at radius 3 is 3.00 bits per heavy atom. The van der Waals surface area contributed by atoms with E-state index in [1.807, 2.05) is 4.90 Å². The van der Waals surface area contributed by atoms with Gasteiger partial charge in [0.1, 0.15) is 6.33 Å². The predicted molar refractivity (Wildman–Crippen MR) is 64.5 cm³/mol. The second-order valence-corrected chi connectivity index (χ2v) is 5.93. The van der Waals surface area contributed by atoms with Gasteiger partial charge < -0.3 is 9.47 Å². The summed E-state index contributed by atoms with van der Waals surface area (Å²) < 4.78 is 2.06. The van der Waals surface area contributed by atoms with E-state index >= 15 is 0 Å². The molecule has 2 fully saturated rings. The van der Waals surface area contributed by atoms with Crippen LogP contribution >= 0.6 is 0 Å². The molecule has 5 heteroatoms. The quantitative estimate of drug-likeness (QED) is 0.788. The molecule has 2 saturated carbocycles. The highest BCUT2D eigenvalue weighted by Crippen LogP contribution is 2.55. The lowest BCUT2D eigenvalue weighted by Gasteiger charge is -2.33. The third-order valence-electron chi connectivity index (χ3n) is 4.74. The third-order valence-corrected chi connectivity index (χ3v) is 4.74. The number of nitrogens with zero attached hydrogens (tertiary/aromatic N) is 4. The molecule has 1 unspecified atom stereocenters. The van der Waals surface area contributed by atoms with Crippen LogP contribution in [0.15, 0.2) is 6.33 Å². The summed E-state index contributed by atoms with van der Waals surface area (Å²) in [6.07, 6.45) is 5.58. The van der Waals surface area contributed by atoms with Gasteiger partial charge in [-0.3, -0.25) is 4.79 Å². The van der Waals surface area contributed by atoms with Gasteiger partial charge in [0.25, 0.3) is 0 Å². The van der Waals surface area contributed by atoms with Crippen LogP contribution in [-0.2, 0) is 11.3 Å². The lowest BCUT2D eigenvalue weighted by molar-refractivity contribution is -0.136. The number of carbonyl (C=O) groups excluding carboxylic acids is 1. The summed E-state index contributed by atoms with van der Waals surface area (Å²) in [5.41, 5.74) is 0. The summed E-state index contributed by atoms with van der Waals surface area (Å²) in [5, 5.41) is 8.07. The van der Waals surface area contributed by atoms with Gasteiger partial charge in [-0.1, -0.05) is 0 Å². The SMILES string of the molecule is CC1c2nncn2CCN1C(=O)[C@H]1C[C@@H]1C1CC1. The average molecular weight is 246 g/mol. The molecule has 96 valence electrons. The molecule has 4 rings (SSSR count). The van der Waals surface area contributed by atoms with Crippen molar-refractivity contribution in [1.82, 2.24) is 19.7 Å². The van der Waals surface area contributed by atoms with Gasteiger partial charge in [-0.15, -0.1) is 10.2 Å². The van der Waals surface area contributed by atoms with Crippen LogP contribution in [0.5, 0.6) is 0 Å². The summed E-state index contributed by atoms with van der Waals surface area (Å²) in [6.45, 7) is 3.70. The third kappa shape index (κ3) is 1.49. The minimum absolute atomic E-state index is 0.0780. The molecule has 2 heterocycles. The minimum atomic E-state index is 0.0780. The summed E-state index contributed by atoms with van der Waals surface area (Å²) >= 11 is 0. The Morgan fingerprint density at radius 2 is 2.22 bits per heavy atom. The van der Waals surface area contributed by atoms with Crippen molar-refractivity contribution in [2.45, 2.75) is 38.8 Å². The van der Waals surface area contributed by atoms with Crippen molar-refractivity contribution in [2.75, 3.05) is 6.54 Å². The number of rotatable bonds is 2. The molecule has 0 radical (unpaired) electrons. The second-order valence-electron chi connectivity index (χ2n) is 5.93. The molecule has 0 aromatic carbocycles. The molecule has 5 nitrogen and oxygen atoms in total. The highest BCUT2D eigenvalue weighted by atomic mass is 16.2. The molecule has 0 spiro atoms. The van der Waals surface area contributed by atoms with Crippen molar-refractivity contribution >= 4 is 5.91 Å². The van der Waals surface area contributed by atoms with Crippen LogP contribution in [0.3, 0.4) is 0 Å². The van der Waals surface area contributed by atoms with E-state index in [2.05, 4.69) is 21.7 Å². The molecule has 1 aromatic rings. The smallest absolute Gasteiger partial charge is 0.226 e. The Hall–Kier alpha value is -1.39. The van der Waals surface area contributed by atoms with E-state index in [4.69, 9.17) is 0 Å². The van der Waals surface area contributed by atoms with Gasteiger partial charge in [0, 0.05) is 19.0 Å². The topological polar surface area (TPSA) is 51.0 Å². The van der Waals surface area contributed by atoms with E-state index in [1.165, 1.54) is 12.8 Å². The molecule has 3 atom stereocenters. The van der Waals surface area contributed by atoms with Gasteiger partial charge in [0.15, 0.2) is 5.82 Å². The zero-order valence-corrected chi connectivity index (χ0v) is 10.6. The maximum Gasteiger partial charge on any atom is 0.226 e. The molecule has 0 N–H and O–H groups in total. The molecule has 2 aliphatic carbocycles. The van der Waals surface area contributed by atoms with E-state index in [0.717, 1.165) is 31.3 Å². The van der Waals surface area contributed by atoms with E-state index in [9.17, 15) is 4.79 Å². The molecule has 1 aliphatic heterocycles. The normalized spacial score (nSPS) is 34.3. The molecule has 1 aromatic heterocycles. The lowest BCUT2D eigenvalue weighted by Crippen LogP contribution is -2.42. The first kappa shape index (κ1) is 10.5.